The lowest BCUT2D eigenvalue weighted by molar-refractivity contribution is 0.537. The van der Waals surface area contributed by atoms with E-state index in [1.54, 1.807) is 0 Å². The zero-order chi connectivity index (χ0) is 12.4. The topological polar surface area (TPSA) is 24.9 Å². The molecule has 2 aromatic rings. The zero-order valence-electron chi connectivity index (χ0n) is 10.9. The van der Waals surface area contributed by atoms with Crippen molar-refractivity contribution in [2.24, 2.45) is 11.8 Å². The summed E-state index contributed by atoms with van der Waals surface area (Å²) >= 11 is 0. The first-order valence-electron chi connectivity index (χ1n) is 6.90. The molecule has 1 saturated carbocycles. The Labute approximate surface area is 108 Å². The molecule has 0 amide bonds. The number of fused-ring (bicyclic) bond motifs is 1. The molecule has 1 aromatic heterocycles. The minimum Gasteiger partial charge on any atom is -0.384 e. The maximum absolute atomic E-state index is 4.39. The van der Waals surface area contributed by atoms with Crippen molar-refractivity contribution >= 4 is 16.6 Å². The molecule has 0 aliphatic heterocycles. The molecule has 2 nitrogen and oxygen atoms in total. The van der Waals surface area contributed by atoms with Gasteiger partial charge in [0.1, 0.15) is 0 Å². The van der Waals surface area contributed by atoms with E-state index in [4.69, 9.17) is 0 Å². The quantitative estimate of drug-likeness (QED) is 0.874. The number of benzene rings is 1. The van der Waals surface area contributed by atoms with Gasteiger partial charge in [0.25, 0.3) is 0 Å². The fourth-order valence-electron chi connectivity index (χ4n) is 3.01. The van der Waals surface area contributed by atoms with Gasteiger partial charge in [0, 0.05) is 23.8 Å². The van der Waals surface area contributed by atoms with Crippen molar-refractivity contribution in [1.29, 1.82) is 0 Å². The van der Waals surface area contributed by atoms with Gasteiger partial charge >= 0.3 is 0 Å². The highest BCUT2D eigenvalue weighted by Gasteiger charge is 2.20. The number of hydrogen-bond acceptors (Lipinski definition) is 2. The van der Waals surface area contributed by atoms with Crippen LogP contribution in [0.4, 0.5) is 5.69 Å². The molecule has 0 radical (unpaired) electrons. The van der Waals surface area contributed by atoms with Crippen molar-refractivity contribution < 1.29 is 0 Å². The predicted molar refractivity (Wildman–Crippen MR) is 76.7 cm³/mol. The number of para-hydroxylation sites is 1. The Hall–Kier alpha value is -1.57. The van der Waals surface area contributed by atoms with E-state index in [0.29, 0.717) is 0 Å². The van der Waals surface area contributed by atoms with E-state index in [9.17, 15) is 0 Å². The second-order valence-corrected chi connectivity index (χ2v) is 5.54. The maximum atomic E-state index is 4.39. The van der Waals surface area contributed by atoms with E-state index in [1.807, 2.05) is 12.3 Å². The first-order valence-corrected chi connectivity index (χ1v) is 6.90. The summed E-state index contributed by atoms with van der Waals surface area (Å²) in [6.07, 6.45) is 6.03. The van der Waals surface area contributed by atoms with E-state index in [1.165, 1.54) is 30.3 Å². The van der Waals surface area contributed by atoms with Gasteiger partial charge in [-0.15, -0.1) is 0 Å². The van der Waals surface area contributed by atoms with Crippen molar-refractivity contribution in [2.75, 3.05) is 11.9 Å². The van der Waals surface area contributed by atoms with Crippen LogP contribution in [0.3, 0.4) is 0 Å². The molecule has 18 heavy (non-hydrogen) atoms. The van der Waals surface area contributed by atoms with Gasteiger partial charge in [0.15, 0.2) is 0 Å². The number of rotatable bonds is 3. The third kappa shape index (κ3) is 2.33. The normalized spacial score (nSPS) is 23.4. The lowest BCUT2D eigenvalue weighted by Crippen LogP contribution is -2.11. The number of nitrogens with one attached hydrogen (secondary N) is 1. The van der Waals surface area contributed by atoms with Crippen LogP contribution in [0.15, 0.2) is 36.5 Å². The number of pyridine rings is 1. The minimum absolute atomic E-state index is 0.840. The summed E-state index contributed by atoms with van der Waals surface area (Å²) in [7, 11) is 0. The SMILES string of the molecule is CC1CCC(CNc2ccnc3ccccc23)C1. The van der Waals surface area contributed by atoms with E-state index < -0.39 is 0 Å². The number of anilines is 1. The van der Waals surface area contributed by atoms with Gasteiger partial charge in [-0.05, 0) is 36.8 Å². The summed E-state index contributed by atoms with van der Waals surface area (Å²) in [5, 5.41) is 4.84. The average molecular weight is 240 g/mol. The third-order valence-electron chi connectivity index (χ3n) is 4.03. The highest BCUT2D eigenvalue weighted by atomic mass is 14.9. The molecule has 1 heterocycles. The van der Waals surface area contributed by atoms with Gasteiger partial charge in [-0.3, -0.25) is 4.98 Å². The fourth-order valence-corrected chi connectivity index (χ4v) is 3.01. The molecule has 2 atom stereocenters. The van der Waals surface area contributed by atoms with Crippen molar-refractivity contribution in [2.45, 2.75) is 26.2 Å². The number of hydrogen-bond donors (Lipinski definition) is 1. The lowest BCUT2D eigenvalue weighted by atomic mass is 10.1. The van der Waals surface area contributed by atoms with Crippen LogP contribution in [0.2, 0.25) is 0 Å². The zero-order valence-corrected chi connectivity index (χ0v) is 10.9. The first-order chi connectivity index (χ1) is 8.83. The standard InChI is InChI=1S/C16H20N2/c1-12-6-7-13(10-12)11-18-16-8-9-17-15-5-3-2-4-14(15)16/h2-5,8-9,12-13H,6-7,10-11H2,1H3,(H,17,18). The Morgan fingerprint density at radius 1 is 1.22 bits per heavy atom. The Kier molecular flexibility index (Phi) is 3.18. The number of aromatic nitrogens is 1. The third-order valence-corrected chi connectivity index (χ3v) is 4.03. The molecule has 3 rings (SSSR count). The molecule has 0 saturated heterocycles. The fraction of sp³-hybridized carbons (Fsp3) is 0.438. The van der Waals surface area contributed by atoms with E-state index in [2.05, 4.69) is 41.5 Å². The Morgan fingerprint density at radius 3 is 2.94 bits per heavy atom. The summed E-state index contributed by atoms with van der Waals surface area (Å²) in [6.45, 7) is 3.46. The number of nitrogens with zero attached hydrogens (tertiary/aromatic N) is 1. The summed E-state index contributed by atoms with van der Waals surface area (Å²) in [4.78, 5) is 4.39. The van der Waals surface area contributed by atoms with Crippen LogP contribution in [0, 0.1) is 11.8 Å². The average Bonchev–Trinajstić information content (AvgIpc) is 2.82. The summed E-state index contributed by atoms with van der Waals surface area (Å²) < 4.78 is 0. The van der Waals surface area contributed by atoms with Crippen molar-refractivity contribution in [3.05, 3.63) is 36.5 Å². The second-order valence-electron chi connectivity index (χ2n) is 5.54. The van der Waals surface area contributed by atoms with Crippen molar-refractivity contribution in [3.63, 3.8) is 0 Å². The van der Waals surface area contributed by atoms with E-state index in [-0.39, 0.29) is 0 Å². The van der Waals surface area contributed by atoms with Crippen LogP contribution in [0.25, 0.3) is 10.9 Å². The van der Waals surface area contributed by atoms with Gasteiger partial charge in [0.2, 0.25) is 0 Å². The molecular formula is C16H20N2. The molecule has 1 fully saturated rings. The Morgan fingerprint density at radius 2 is 2.11 bits per heavy atom. The summed E-state index contributed by atoms with van der Waals surface area (Å²) in [5.74, 6) is 1.75. The first kappa shape index (κ1) is 11.5. The van der Waals surface area contributed by atoms with Crippen LogP contribution >= 0.6 is 0 Å². The van der Waals surface area contributed by atoms with Crippen LogP contribution in [0.1, 0.15) is 26.2 Å². The molecule has 0 spiro atoms. The Balaban J connectivity index is 1.74. The minimum atomic E-state index is 0.840. The van der Waals surface area contributed by atoms with Crippen LogP contribution in [-0.2, 0) is 0 Å². The molecule has 1 aliphatic rings. The van der Waals surface area contributed by atoms with Crippen LogP contribution in [0.5, 0.6) is 0 Å². The largest absolute Gasteiger partial charge is 0.384 e. The van der Waals surface area contributed by atoms with Gasteiger partial charge in [-0.1, -0.05) is 31.5 Å². The van der Waals surface area contributed by atoms with E-state index >= 15 is 0 Å². The molecule has 2 heteroatoms. The van der Waals surface area contributed by atoms with Gasteiger partial charge < -0.3 is 5.32 Å². The smallest absolute Gasteiger partial charge is 0.0722 e. The molecule has 2 unspecified atom stereocenters. The van der Waals surface area contributed by atoms with Gasteiger partial charge in [0.05, 0.1) is 5.52 Å². The van der Waals surface area contributed by atoms with Crippen LogP contribution < -0.4 is 5.32 Å². The second kappa shape index (κ2) is 4.97. The predicted octanol–water partition coefficient (Wildman–Crippen LogP) is 4.08. The van der Waals surface area contributed by atoms with Crippen molar-refractivity contribution in [3.8, 4) is 0 Å². The van der Waals surface area contributed by atoms with E-state index in [0.717, 1.165) is 23.9 Å². The van der Waals surface area contributed by atoms with Crippen molar-refractivity contribution in [1.82, 2.24) is 4.98 Å². The molecule has 1 aromatic carbocycles. The highest BCUT2D eigenvalue weighted by molar-refractivity contribution is 5.90. The lowest BCUT2D eigenvalue weighted by Gasteiger charge is -2.13. The summed E-state index contributed by atoms with van der Waals surface area (Å²) in [5.41, 5.74) is 2.29. The molecule has 1 aliphatic carbocycles. The van der Waals surface area contributed by atoms with Gasteiger partial charge in [-0.2, -0.15) is 0 Å². The molecule has 1 N–H and O–H groups in total. The Bertz CT molecular complexity index is 530. The van der Waals surface area contributed by atoms with Gasteiger partial charge in [-0.25, -0.2) is 0 Å². The maximum Gasteiger partial charge on any atom is 0.0722 e. The highest BCUT2D eigenvalue weighted by Crippen LogP contribution is 2.31. The molecular weight excluding hydrogens is 220 g/mol. The van der Waals surface area contributed by atoms with Crippen LogP contribution in [-0.4, -0.2) is 11.5 Å². The molecule has 0 bridgehead atoms. The summed E-state index contributed by atoms with van der Waals surface area (Å²) in [6, 6.07) is 10.4. The monoisotopic (exact) mass is 240 g/mol. The molecule has 94 valence electrons.